The van der Waals surface area contributed by atoms with E-state index in [4.69, 9.17) is 18.9 Å². The molecule has 0 bridgehead atoms. The van der Waals surface area contributed by atoms with Gasteiger partial charge in [-0.15, -0.1) is 0 Å². The topological polar surface area (TPSA) is 213 Å². The number of esters is 4. The number of hydrogen-bond donors (Lipinski definition) is 2. The van der Waals surface area contributed by atoms with Crippen molar-refractivity contribution < 1.29 is 62.7 Å². The lowest BCUT2D eigenvalue weighted by Gasteiger charge is -2.39. The lowest BCUT2D eigenvalue weighted by molar-refractivity contribution is -0.160. The van der Waals surface area contributed by atoms with Crippen LogP contribution in [0.25, 0.3) is 0 Å². The Hall–Kier alpha value is -3.87. The number of hydrogen-bond acceptors (Lipinski definition) is 15. The summed E-state index contributed by atoms with van der Waals surface area (Å²) in [6.07, 6.45) is -0.443. The molecule has 1 unspecified atom stereocenters. The standard InChI is InChI=1S/C38H67N5O13/c1-35(2,3)53-31(49)23-39-13-14-40(24-32(50)54-36(4,5)6)17-18-42(26-34(52)56-38(10,11)12)27(19-28(44)43(21-29(45)46)22-30(47)48)20-41(16-15-39)25-33(51)55-37(7,8)9/h27H,13-26H2,1-12H3,(H,45,46)(H,47,48). The Kier molecular flexibility index (Phi) is 19.3. The van der Waals surface area contributed by atoms with E-state index >= 15 is 0 Å². The predicted molar refractivity (Wildman–Crippen MR) is 205 cm³/mol. The van der Waals surface area contributed by atoms with Gasteiger partial charge in [0.2, 0.25) is 5.91 Å². The average Bonchev–Trinajstić information content (AvgIpc) is 2.94. The summed E-state index contributed by atoms with van der Waals surface area (Å²) in [5.41, 5.74) is -3.20. The zero-order chi connectivity index (χ0) is 43.2. The predicted octanol–water partition coefficient (Wildman–Crippen LogP) is 1.33. The van der Waals surface area contributed by atoms with Gasteiger partial charge in [-0.1, -0.05) is 0 Å². The van der Waals surface area contributed by atoms with Crippen LogP contribution in [0, 0.1) is 0 Å². The number of aliphatic carboxylic acids is 2. The SMILES string of the molecule is CC(C)(C)OC(=O)CN1CCN(CC(=O)OC(C)(C)C)CCN(CC(=O)OC(C)(C)C)C(CC(=O)N(CC(=O)O)CC(=O)O)CN(CC(=O)OC(C)(C)C)CC1. The van der Waals surface area contributed by atoms with Gasteiger partial charge in [-0.3, -0.25) is 53.2 Å². The van der Waals surface area contributed by atoms with E-state index in [1.54, 1.807) is 97.8 Å². The monoisotopic (exact) mass is 801 g/mol. The third-order valence-electron chi connectivity index (χ3n) is 7.64. The van der Waals surface area contributed by atoms with Crippen molar-refractivity contribution in [2.45, 2.75) is 118 Å². The van der Waals surface area contributed by atoms with Gasteiger partial charge in [-0.25, -0.2) is 0 Å². The molecule has 1 rings (SSSR count). The van der Waals surface area contributed by atoms with E-state index in [0.29, 0.717) is 11.4 Å². The number of carboxylic acids is 2. The van der Waals surface area contributed by atoms with Crippen molar-refractivity contribution in [1.82, 2.24) is 24.5 Å². The third kappa shape index (κ3) is 23.9. The molecule has 18 nitrogen and oxygen atoms in total. The molecule has 0 aromatic carbocycles. The number of rotatable bonds is 14. The molecule has 0 spiro atoms. The van der Waals surface area contributed by atoms with Crippen molar-refractivity contribution >= 4 is 41.7 Å². The van der Waals surface area contributed by atoms with Crippen molar-refractivity contribution in [3.63, 3.8) is 0 Å². The quantitative estimate of drug-likeness (QED) is 0.187. The molecular formula is C38H67N5O13. The van der Waals surface area contributed by atoms with Gasteiger partial charge in [0, 0.05) is 58.3 Å². The maximum atomic E-state index is 13.8. The molecule has 1 atom stereocenters. The van der Waals surface area contributed by atoms with E-state index in [0.717, 1.165) is 0 Å². The number of amides is 1. The molecule has 0 aromatic rings. The Balaban J connectivity index is 3.83. The van der Waals surface area contributed by atoms with Crippen LogP contribution in [0.2, 0.25) is 0 Å². The highest BCUT2D eigenvalue weighted by molar-refractivity contribution is 5.85. The highest BCUT2D eigenvalue weighted by Crippen LogP contribution is 2.17. The van der Waals surface area contributed by atoms with Crippen LogP contribution in [0.15, 0.2) is 0 Å². The highest BCUT2D eigenvalue weighted by atomic mass is 16.6. The summed E-state index contributed by atoms with van der Waals surface area (Å²) in [6.45, 7) is 19.3. The largest absolute Gasteiger partial charge is 0.480 e. The molecule has 56 heavy (non-hydrogen) atoms. The van der Waals surface area contributed by atoms with Gasteiger partial charge >= 0.3 is 35.8 Å². The Morgan fingerprint density at radius 2 is 0.804 bits per heavy atom. The minimum Gasteiger partial charge on any atom is -0.480 e. The van der Waals surface area contributed by atoms with E-state index in [-0.39, 0.29) is 65.4 Å². The first-order chi connectivity index (χ1) is 25.4. The second-order valence-electron chi connectivity index (χ2n) is 18.0. The van der Waals surface area contributed by atoms with Crippen LogP contribution in [0.4, 0.5) is 0 Å². The van der Waals surface area contributed by atoms with Crippen molar-refractivity contribution in [2.75, 3.05) is 85.1 Å². The molecule has 0 radical (unpaired) electrons. The van der Waals surface area contributed by atoms with E-state index in [9.17, 15) is 43.8 Å². The fourth-order valence-electron chi connectivity index (χ4n) is 5.71. The van der Waals surface area contributed by atoms with Gasteiger partial charge in [-0.05, 0) is 83.1 Å². The Bertz CT molecular complexity index is 1350. The maximum Gasteiger partial charge on any atom is 0.323 e. The van der Waals surface area contributed by atoms with Gasteiger partial charge in [0.1, 0.15) is 35.5 Å². The second kappa shape index (κ2) is 21.6. The summed E-state index contributed by atoms with van der Waals surface area (Å²) in [6, 6.07) is -0.912. The lowest BCUT2D eigenvalue weighted by atomic mass is 10.1. The van der Waals surface area contributed by atoms with Crippen LogP contribution in [0.1, 0.15) is 89.5 Å². The molecular weight excluding hydrogens is 734 g/mol. The molecule has 1 aliphatic heterocycles. The molecule has 1 saturated heterocycles. The molecule has 1 heterocycles. The van der Waals surface area contributed by atoms with E-state index in [2.05, 4.69) is 0 Å². The normalized spacial score (nSPS) is 17.8. The minimum atomic E-state index is -1.42. The van der Waals surface area contributed by atoms with Crippen molar-refractivity contribution in [3.05, 3.63) is 0 Å². The van der Waals surface area contributed by atoms with Crippen LogP contribution in [0.5, 0.6) is 0 Å². The molecule has 2 N–H and O–H groups in total. The molecule has 0 aliphatic carbocycles. The first-order valence-electron chi connectivity index (χ1n) is 18.9. The Morgan fingerprint density at radius 3 is 1.14 bits per heavy atom. The third-order valence-corrected chi connectivity index (χ3v) is 7.64. The average molecular weight is 802 g/mol. The Labute approximate surface area is 331 Å². The fourth-order valence-corrected chi connectivity index (χ4v) is 5.71. The van der Waals surface area contributed by atoms with Gasteiger partial charge in [0.05, 0.1) is 26.2 Å². The van der Waals surface area contributed by atoms with Gasteiger partial charge in [-0.2, -0.15) is 0 Å². The zero-order valence-electron chi connectivity index (χ0n) is 35.6. The number of carboxylic acid groups (broad SMARTS) is 2. The van der Waals surface area contributed by atoms with Crippen LogP contribution < -0.4 is 0 Å². The Morgan fingerprint density at radius 1 is 0.500 bits per heavy atom. The smallest absolute Gasteiger partial charge is 0.323 e. The van der Waals surface area contributed by atoms with Crippen molar-refractivity contribution in [1.29, 1.82) is 0 Å². The highest BCUT2D eigenvalue weighted by Gasteiger charge is 2.33. The van der Waals surface area contributed by atoms with Crippen LogP contribution in [0.3, 0.4) is 0 Å². The van der Waals surface area contributed by atoms with Crippen LogP contribution in [-0.4, -0.2) is 190 Å². The maximum absolute atomic E-state index is 13.8. The molecule has 322 valence electrons. The number of nitrogens with zero attached hydrogens (tertiary/aromatic N) is 5. The molecule has 0 aromatic heterocycles. The minimum absolute atomic E-state index is 0.0475. The first-order valence-corrected chi connectivity index (χ1v) is 18.9. The molecule has 1 amide bonds. The molecule has 1 aliphatic rings. The summed E-state index contributed by atoms with van der Waals surface area (Å²) in [7, 11) is 0. The summed E-state index contributed by atoms with van der Waals surface area (Å²) >= 11 is 0. The van der Waals surface area contributed by atoms with Gasteiger partial charge in [0.25, 0.3) is 0 Å². The van der Waals surface area contributed by atoms with E-state index in [1.165, 1.54) is 0 Å². The molecule has 0 saturated carbocycles. The van der Waals surface area contributed by atoms with E-state index < -0.39 is 89.7 Å². The number of ether oxygens (including phenoxy) is 4. The first kappa shape index (κ1) is 50.1. The van der Waals surface area contributed by atoms with Crippen LogP contribution in [-0.2, 0) is 52.5 Å². The van der Waals surface area contributed by atoms with E-state index in [1.807, 2.05) is 4.90 Å². The summed E-state index contributed by atoms with van der Waals surface area (Å²) in [4.78, 5) is 97.6. The zero-order valence-corrected chi connectivity index (χ0v) is 35.6. The van der Waals surface area contributed by atoms with Crippen LogP contribution >= 0.6 is 0 Å². The van der Waals surface area contributed by atoms with Gasteiger partial charge in [0.15, 0.2) is 0 Å². The summed E-state index contributed by atoms with van der Waals surface area (Å²) in [5.74, 6) is -5.84. The number of carbonyl (C=O) groups is 7. The lowest BCUT2D eigenvalue weighted by Crippen LogP contribution is -2.55. The fraction of sp³-hybridized carbons (Fsp3) is 0.816. The summed E-state index contributed by atoms with van der Waals surface area (Å²) in [5, 5.41) is 19.0. The molecule has 18 heteroatoms. The van der Waals surface area contributed by atoms with Crippen molar-refractivity contribution in [3.8, 4) is 0 Å². The molecule has 1 fully saturated rings. The van der Waals surface area contributed by atoms with Gasteiger partial charge < -0.3 is 34.1 Å². The summed E-state index contributed by atoms with van der Waals surface area (Å²) < 4.78 is 22.5. The van der Waals surface area contributed by atoms with Crippen molar-refractivity contribution in [2.24, 2.45) is 0 Å². The second-order valence-corrected chi connectivity index (χ2v) is 18.0. The number of carbonyl (C=O) groups excluding carboxylic acids is 5.